The van der Waals surface area contributed by atoms with E-state index in [0.29, 0.717) is 27.8 Å². The van der Waals surface area contributed by atoms with E-state index in [1.165, 1.54) is 18.2 Å². The number of carboxylic acids is 1. The molecule has 2 rings (SSSR count). The van der Waals surface area contributed by atoms with Gasteiger partial charge in [0.25, 0.3) is 0 Å². The van der Waals surface area contributed by atoms with Gasteiger partial charge in [0.2, 0.25) is 0 Å². The van der Waals surface area contributed by atoms with Gasteiger partial charge in [-0.2, -0.15) is 0 Å². The molecular weight excluding hydrogens is 404 g/mol. The second kappa shape index (κ2) is 12.8. The Balaban J connectivity index is -0.000000400. The average Bonchev–Trinajstić information content (AvgIpc) is 2.32. The van der Waals surface area contributed by atoms with Crippen LogP contribution in [-0.2, 0) is 0 Å². The van der Waals surface area contributed by atoms with Crippen molar-refractivity contribution in [2.45, 2.75) is 0 Å². The number of nitrogens with two attached hydrogens (primary N) is 2. The fraction of sp³-hybridized carbons (Fsp3) is 0. The molecule has 0 aliphatic carbocycles. The van der Waals surface area contributed by atoms with Gasteiger partial charge in [0.1, 0.15) is 0 Å². The standard InChI is InChI=1S/C13H12ClN3O2.3ClH.2H2O/c14-7-1-3-9(13(18)19)12(5-7)17-11-4-2-8(15)6-10(11)16;;;;;/h1-6,17H,15-16H2,(H,18,19);3*1H;2*1H2. The predicted octanol–water partition coefficient (Wildman–Crippen LogP) is 2.56. The Morgan fingerprint density at radius 3 is 2.04 bits per heavy atom. The van der Waals surface area contributed by atoms with E-state index in [-0.39, 0.29) is 53.7 Å². The maximum Gasteiger partial charge on any atom is 0.337 e. The fourth-order valence-electron chi connectivity index (χ4n) is 1.65. The lowest BCUT2D eigenvalue weighted by Gasteiger charge is -2.12. The van der Waals surface area contributed by atoms with Gasteiger partial charge >= 0.3 is 5.97 Å². The molecule has 24 heavy (non-hydrogen) atoms. The van der Waals surface area contributed by atoms with Gasteiger partial charge in [0.15, 0.2) is 0 Å². The number of nitrogen functional groups attached to an aromatic ring is 2. The highest BCUT2D eigenvalue weighted by Gasteiger charge is 2.11. The summed E-state index contributed by atoms with van der Waals surface area (Å²) < 4.78 is 0. The summed E-state index contributed by atoms with van der Waals surface area (Å²) in [4.78, 5) is 11.1. The molecule has 2 aromatic carbocycles. The smallest absolute Gasteiger partial charge is 0.337 e. The summed E-state index contributed by atoms with van der Waals surface area (Å²) in [6.07, 6.45) is 0. The van der Waals surface area contributed by atoms with Crippen LogP contribution in [0.3, 0.4) is 0 Å². The molecule has 0 heterocycles. The summed E-state index contributed by atoms with van der Waals surface area (Å²) in [5.41, 5.74) is 13.4. The first-order chi connectivity index (χ1) is 8.97. The van der Waals surface area contributed by atoms with Gasteiger partial charge in [-0.15, -0.1) is 37.2 Å². The minimum absolute atomic E-state index is 0. The molecule has 2 aromatic rings. The molecule has 10 N–H and O–H groups in total. The third kappa shape index (κ3) is 7.31. The Morgan fingerprint density at radius 2 is 1.54 bits per heavy atom. The largest absolute Gasteiger partial charge is 0.478 e. The van der Waals surface area contributed by atoms with Crippen molar-refractivity contribution in [3.05, 3.63) is 47.0 Å². The van der Waals surface area contributed by atoms with Crippen LogP contribution in [0.25, 0.3) is 0 Å². The number of nitrogens with one attached hydrogen (secondary N) is 1. The zero-order chi connectivity index (χ0) is 14.0. The van der Waals surface area contributed by atoms with Gasteiger partial charge in [-0.05, 0) is 36.4 Å². The predicted molar refractivity (Wildman–Crippen MR) is 106 cm³/mol. The van der Waals surface area contributed by atoms with Crippen LogP contribution in [0.5, 0.6) is 0 Å². The topological polar surface area (TPSA) is 164 Å². The first kappa shape index (κ1) is 30.3. The van der Waals surface area contributed by atoms with E-state index in [9.17, 15) is 4.79 Å². The SMILES string of the molecule is Cl.Cl.Cl.Nc1ccc(Nc2cc(Cl)ccc2C(=O)O)c(N)c1.O.O. The van der Waals surface area contributed by atoms with E-state index in [0.717, 1.165) is 0 Å². The summed E-state index contributed by atoms with van der Waals surface area (Å²) in [6.45, 7) is 0. The molecule has 0 aliphatic heterocycles. The van der Waals surface area contributed by atoms with E-state index in [4.69, 9.17) is 28.2 Å². The highest BCUT2D eigenvalue weighted by atomic mass is 35.5. The Labute approximate surface area is 162 Å². The Bertz CT molecular complexity index is 659. The molecule has 0 aromatic heterocycles. The van der Waals surface area contributed by atoms with Gasteiger partial charge in [0, 0.05) is 10.7 Å². The summed E-state index contributed by atoms with van der Waals surface area (Å²) in [7, 11) is 0. The molecule has 0 saturated carbocycles. The van der Waals surface area contributed by atoms with Gasteiger partial charge in [-0.3, -0.25) is 0 Å². The molecule has 11 heteroatoms. The molecule has 0 atom stereocenters. The minimum Gasteiger partial charge on any atom is -0.478 e. The maximum absolute atomic E-state index is 11.1. The van der Waals surface area contributed by atoms with Gasteiger partial charge in [0.05, 0.1) is 22.6 Å². The number of carbonyl (C=O) groups is 1. The van der Waals surface area contributed by atoms with Crippen molar-refractivity contribution in [1.29, 1.82) is 0 Å². The van der Waals surface area contributed by atoms with Crippen LogP contribution in [-0.4, -0.2) is 22.0 Å². The molecule has 0 unspecified atom stereocenters. The highest BCUT2D eigenvalue weighted by molar-refractivity contribution is 6.31. The van der Waals surface area contributed by atoms with E-state index in [1.54, 1.807) is 18.2 Å². The molecule has 0 amide bonds. The van der Waals surface area contributed by atoms with Gasteiger partial charge < -0.3 is 32.8 Å². The van der Waals surface area contributed by atoms with Crippen LogP contribution >= 0.6 is 48.8 Å². The molecule has 0 aliphatic rings. The lowest BCUT2D eigenvalue weighted by molar-refractivity contribution is 0.0698. The Kier molecular flexibility index (Phi) is 16.1. The van der Waals surface area contributed by atoms with Gasteiger partial charge in [-0.25, -0.2) is 4.79 Å². The molecule has 7 nitrogen and oxygen atoms in total. The second-order valence-corrected chi connectivity index (χ2v) is 4.40. The first-order valence-electron chi connectivity index (χ1n) is 5.42. The number of benzene rings is 2. The van der Waals surface area contributed by atoms with Crippen LogP contribution in [0.15, 0.2) is 36.4 Å². The van der Waals surface area contributed by atoms with Crippen molar-refractivity contribution in [3.8, 4) is 0 Å². The normalized spacial score (nSPS) is 8.04. The zero-order valence-electron chi connectivity index (χ0n) is 12.1. The van der Waals surface area contributed by atoms with Crippen molar-refractivity contribution in [1.82, 2.24) is 0 Å². The van der Waals surface area contributed by atoms with Crippen molar-refractivity contribution >= 4 is 77.5 Å². The number of rotatable bonds is 3. The number of carboxylic acid groups (broad SMARTS) is 1. The summed E-state index contributed by atoms with van der Waals surface area (Å²) >= 11 is 5.87. The third-order valence-electron chi connectivity index (χ3n) is 2.56. The zero-order valence-corrected chi connectivity index (χ0v) is 15.3. The van der Waals surface area contributed by atoms with E-state index >= 15 is 0 Å². The quantitative estimate of drug-likeness (QED) is 0.557. The van der Waals surface area contributed by atoms with Crippen LogP contribution in [0.1, 0.15) is 10.4 Å². The minimum atomic E-state index is -1.05. The van der Waals surface area contributed by atoms with Crippen LogP contribution in [0.4, 0.5) is 22.7 Å². The lowest BCUT2D eigenvalue weighted by Crippen LogP contribution is -2.04. The van der Waals surface area contributed by atoms with Gasteiger partial charge in [-0.1, -0.05) is 11.6 Å². The molecule has 0 fully saturated rings. The van der Waals surface area contributed by atoms with Crippen LogP contribution in [0.2, 0.25) is 5.02 Å². The van der Waals surface area contributed by atoms with E-state index in [2.05, 4.69) is 5.32 Å². The molecular formula is C13H19Cl4N3O4. The van der Waals surface area contributed by atoms with Crippen molar-refractivity contribution in [2.75, 3.05) is 16.8 Å². The number of aromatic carboxylic acids is 1. The van der Waals surface area contributed by atoms with Crippen molar-refractivity contribution < 1.29 is 20.9 Å². The maximum atomic E-state index is 11.1. The second-order valence-electron chi connectivity index (χ2n) is 3.97. The fourth-order valence-corrected chi connectivity index (χ4v) is 1.82. The molecule has 0 bridgehead atoms. The molecule has 0 radical (unpaired) electrons. The Hall–Kier alpha value is -1.61. The number of halogens is 4. The molecule has 0 spiro atoms. The summed E-state index contributed by atoms with van der Waals surface area (Å²) in [6, 6.07) is 9.41. The van der Waals surface area contributed by atoms with E-state index in [1.807, 2.05) is 0 Å². The first-order valence-corrected chi connectivity index (χ1v) is 5.80. The molecule has 0 saturated heterocycles. The summed E-state index contributed by atoms with van der Waals surface area (Å²) in [5, 5.41) is 12.5. The number of hydrogen-bond donors (Lipinski definition) is 4. The van der Waals surface area contributed by atoms with Crippen molar-refractivity contribution in [3.63, 3.8) is 0 Å². The van der Waals surface area contributed by atoms with E-state index < -0.39 is 5.97 Å². The Morgan fingerprint density at radius 1 is 0.958 bits per heavy atom. The summed E-state index contributed by atoms with van der Waals surface area (Å²) in [5.74, 6) is -1.05. The van der Waals surface area contributed by atoms with Crippen molar-refractivity contribution in [2.24, 2.45) is 0 Å². The monoisotopic (exact) mass is 421 g/mol. The average molecular weight is 423 g/mol. The lowest BCUT2D eigenvalue weighted by atomic mass is 10.1. The third-order valence-corrected chi connectivity index (χ3v) is 2.79. The number of hydrogen-bond acceptors (Lipinski definition) is 4. The highest BCUT2D eigenvalue weighted by Crippen LogP contribution is 2.29. The molecule has 138 valence electrons. The van der Waals surface area contributed by atoms with Crippen LogP contribution < -0.4 is 16.8 Å². The number of anilines is 4. The van der Waals surface area contributed by atoms with Crippen LogP contribution in [0, 0.1) is 0 Å².